The van der Waals surface area contributed by atoms with Crippen LogP contribution in [-0.4, -0.2) is 42.5 Å². The van der Waals surface area contributed by atoms with Gasteiger partial charge in [0.2, 0.25) is 5.91 Å². The highest BCUT2D eigenvalue weighted by Gasteiger charge is 2.35. The smallest absolute Gasteiger partial charge is 0.231 e. The molecule has 0 aromatic carbocycles. The van der Waals surface area contributed by atoms with Gasteiger partial charge in [0.25, 0.3) is 0 Å². The Morgan fingerprint density at radius 2 is 1.75 bits per heavy atom. The van der Waals surface area contributed by atoms with Crippen molar-refractivity contribution >= 4 is 5.91 Å². The second kappa shape index (κ2) is 6.44. The maximum atomic E-state index is 10.9. The van der Waals surface area contributed by atoms with Crippen molar-refractivity contribution in [2.75, 3.05) is 19.6 Å². The molecule has 3 fully saturated rings. The first-order chi connectivity index (χ1) is 9.70. The molecule has 0 aromatic heterocycles. The summed E-state index contributed by atoms with van der Waals surface area (Å²) in [4.78, 5) is 13.1. The Morgan fingerprint density at radius 1 is 1.00 bits per heavy atom. The van der Waals surface area contributed by atoms with Crippen LogP contribution >= 0.6 is 0 Å². The summed E-state index contributed by atoms with van der Waals surface area (Å²) in [6, 6.07) is 1.41. The fourth-order valence-electron chi connectivity index (χ4n) is 4.19. The lowest BCUT2D eigenvalue weighted by molar-refractivity contribution is -0.119. The highest BCUT2D eigenvalue weighted by atomic mass is 16.1. The summed E-state index contributed by atoms with van der Waals surface area (Å²) in [5, 5.41) is 3.90. The lowest BCUT2D eigenvalue weighted by Gasteiger charge is -2.37. The van der Waals surface area contributed by atoms with Gasteiger partial charge in [0, 0.05) is 25.2 Å². The lowest BCUT2D eigenvalue weighted by Crippen LogP contribution is -2.48. The summed E-state index contributed by atoms with van der Waals surface area (Å²) >= 11 is 0. The van der Waals surface area contributed by atoms with Gasteiger partial charge in [-0.2, -0.15) is 0 Å². The maximum absolute atomic E-state index is 10.9. The zero-order valence-electron chi connectivity index (χ0n) is 12.5. The molecule has 0 aromatic rings. The third kappa shape index (κ3) is 3.95. The van der Waals surface area contributed by atoms with Crippen molar-refractivity contribution in [2.24, 2.45) is 17.6 Å². The van der Waals surface area contributed by atoms with Gasteiger partial charge < -0.3 is 11.1 Å². The average Bonchev–Trinajstić information content (AvgIpc) is 3.25. The van der Waals surface area contributed by atoms with Crippen molar-refractivity contribution in [3.8, 4) is 0 Å². The first kappa shape index (κ1) is 14.3. The van der Waals surface area contributed by atoms with Crippen LogP contribution in [0.4, 0.5) is 0 Å². The first-order valence-electron chi connectivity index (χ1n) is 8.47. The van der Waals surface area contributed by atoms with Crippen LogP contribution in [0, 0.1) is 11.8 Å². The van der Waals surface area contributed by atoms with E-state index in [-0.39, 0.29) is 5.91 Å². The van der Waals surface area contributed by atoms with Crippen LogP contribution in [0.1, 0.15) is 51.4 Å². The van der Waals surface area contributed by atoms with Crippen LogP contribution in [0.5, 0.6) is 0 Å². The Morgan fingerprint density at radius 3 is 2.40 bits per heavy atom. The standard InChI is InChI=1S/C16H29N3O/c17-16(20)11-19-8-6-14(7-9-19)18-15-3-1-2-13(10-15)12-4-5-12/h12-15,18H,1-11H2,(H2,17,20). The van der Waals surface area contributed by atoms with Gasteiger partial charge in [-0.15, -0.1) is 0 Å². The number of piperidine rings is 1. The minimum atomic E-state index is -0.198. The number of hydrogen-bond donors (Lipinski definition) is 2. The second-order valence-corrected chi connectivity index (χ2v) is 7.14. The molecule has 0 bridgehead atoms. The molecule has 0 radical (unpaired) electrons. The number of carbonyl (C=O) groups is 1. The van der Waals surface area contributed by atoms with Crippen LogP contribution in [0.15, 0.2) is 0 Å². The number of carbonyl (C=O) groups excluding carboxylic acids is 1. The van der Waals surface area contributed by atoms with E-state index in [9.17, 15) is 4.79 Å². The molecule has 2 unspecified atom stereocenters. The number of hydrogen-bond acceptors (Lipinski definition) is 3. The highest BCUT2D eigenvalue weighted by Crippen LogP contribution is 2.44. The molecule has 4 nitrogen and oxygen atoms in total. The largest absolute Gasteiger partial charge is 0.369 e. The average molecular weight is 279 g/mol. The summed E-state index contributed by atoms with van der Waals surface area (Å²) in [7, 11) is 0. The Hall–Kier alpha value is -0.610. The fourth-order valence-corrected chi connectivity index (χ4v) is 4.19. The van der Waals surface area contributed by atoms with Crippen LogP contribution < -0.4 is 11.1 Å². The molecule has 2 saturated carbocycles. The minimum Gasteiger partial charge on any atom is -0.369 e. The zero-order chi connectivity index (χ0) is 13.9. The molecule has 2 atom stereocenters. The molecule has 1 heterocycles. The second-order valence-electron chi connectivity index (χ2n) is 7.14. The predicted octanol–water partition coefficient (Wildman–Crippen LogP) is 1.49. The number of likely N-dealkylation sites (tertiary alicyclic amines) is 1. The van der Waals surface area contributed by atoms with Crippen molar-refractivity contribution in [1.29, 1.82) is 0 Å². The van der Waals surface area contributed by atoms with Crippen molar-refractivity contribution < 1.29 is 4.79 Å². The maximum Gasteiger partial charge on any atom is 0.231 e. The number of nitrogens with two attached hydrogens (primary N) is 1. The van der Waals surface area contributed by atoms with Gasteiger partial charge >= 0.3 is 0 Å². The lowest BCUT2D eigenvalue weighted by atomic mass is 9.82. The number of nitrogens with zero attached hydrogens (tertiary/aromatic N) is 1. The normalized spacial score (nSPS) is 33.2. The van der Waals surface area contributed by atoms with Crippen molar-refractivity contribution in [1.82, 2.24) is 10.2 Å². The van der Waals surface area contributed by atoms with Gasteiger partial charge in [0.05, 0.1) is 6.54 Å². The SMILES string of the molecule is NC(=O)CN1CCC(NC2CCCC(C3CC3)C2)CC1. The van der Waals surface area contributed by atoms with Gasteiger partial charge in [-0.05, 0) is 50.4 Å². The first-order valence-corrected chi connectivity index (χ1v) is 8.47. The van der Waals surface area contributed by atoms with E-state index >= 15 is 0 Å². The molecule has 3 aliphatic rings. The van der Waals surface area contributed by atoms with Crippen LogP contribution in [0.3, 0.4) is 0 Å². The topological polar surface area (TPSA) is 58.4 Å². The number of primary amides is 1. The molecule has 3 N–H and O–H groups in total. The number of nitrogens with one attached hydrogen (secondary N) is 1. The van der Waals surface area contributed by atoms with Crippen molar-refractivity contribution in [3.05, 3.63) is 0 Å². The van der Waals surface area contributed by atoms with E-state index in [1.165, 1.54) is 38.5 Å². The van der Waals surface area contributed by atoms with Crippen LogP contribution in [-0.2, 0) is 4.79 Å². The number of rotatable bonds is 5. The van der Waals surface area contributed by atoms with Crippen LogP contribution in [0.25, 0.3) is 0 Å². The Bertz CT molecular complexity index is 335. The van der Waals surface area contributed by atoms with Gasteiger partial charge in [-0.25, -0.2) is 0 Å². The van der Waals surface area contributed by atoms with E-state index in [1.807, 2.05) is 0 Å². The summed E-state index contributed by atoms with van der Waals surface area (Å²) < 4.78 is 0. The molecule has 1 saturated heterocycles. The van der Waals surface area contributed by atoms with Crippen molar-refractivity contribution in [3.63, 3.8) is 0 Å². The van der Waals surface area contributed by atoms with E-state index in [4.69, 9.17) is 5.73 Å². The van der Waals surface area contributed by atoms with Gasteiger partial charge in [-0.3, -0.25) is 9.69 Å². The molecule has 114 valence electrons. The van der Waals surface area contributed by atoms with Gasteiger partial charge in [-0.1, -0.05) is 12.8 Å². The fraction of sp³-hybridized carbons (Fsp3) is 0.938. The molecule has 3 rings (SSSR count). The molecule has 1 aliphatic heterocycles. The highest BCUT2D eigenvalue weighted by molar-refractivity contribution is 5.75. The van der Waals surface area contributed by atoms with E-state index < -0.39 is 0 Å². The molecule has 20 heavy (non-hydrogen) atoms. The summed E-state index contributed by atoms with van der Waals surface area (Å²) in [5.74, 6) is 1.88. The van der Waals surface area contributed by atoms with E-state index in [2.05, 4.69) is 10.2 Å². The molecular weight excluding hydrogens is 250 g/mol. The molecule has 0 spiro atoms. The predicted molar refractivity (Wildman–Crippen MR) is 80.3 cm³/mol. The molecular formula is C16H29N3O. The van der Waals surface area contributed by atoms with Gasteiger partial charge in [0.15, 0.2) is 0 Å². The van der Waals surface area contributed by atoms with E-state index in [1.54, 1.807) is 0 Å². The third-order valence-electron chi connectivity index (χ3n) is 5.44. The quantitative estimate of drug-likeness (QED) is 0.802. The summed E-state index contributed by atoms with van der Waals surface area (Å²) in [6.07, 6.45) is 11.0. The molecule has 1 amide bonds. The van der Waals surface area contributed by atoms with Gasteiger partial charge in [0.1, 0.15) is 0 Å². The zero-order valence-corrected chi connectivity index (χ0v) is 12.5. The Labute approximate surface area is 122 Å². The van der Waals surface area contributed by atoms with Crippen LogP contribution in [0.2, 0.25) is 0 Å². The summed E-state index contributed by atoms with van der Waals surface area (Å²) in [6.45, 7) is 2.46. The van der Waals surface area contributed by atoms with E-state index in [0.29, 0.717) is 12.6 Å². The van der Waals surface area contributed by atoms with Crippen molar-refractivity contribution in [2.45, 2.75) is 63.5 Å². The molecule has 4 heteroatoms. The number of amides is 1. The molecule has 2 aliphatic carbocycles. The monoisotopic (exact) mass is 279 g/mol. The Balaban J connectivity index is 1.39. The Kier molecular flexibility index (Phi) is 4.61. The van der Waals surface area contributed by atoms with E-state index in [0.717, 1.165) is 43.8 Å². The summed E-state index contributed by atoms with van der Waals surface area (Å²) in [5.41, 5.74) is 5.26. The minimum absolute atomic E-state index is 0.198. The third-order valence-corrected chi connectivity index (χ3v) is 5.44.